The van der Waals surface area contributed by atoms with Crippen molar-refractivity contribution in [3.63, 3.8) is 0 Å². The van der Waals surface area contributed by atoms with Gasteiger partial charge in [-0.05, 0) is 24.8 Å². The third-order valence-electron chi connectivity index (χ3n) is 2.12. The van der Waals surface area contributed by atoms with Crippen LogP contribution in [0.25, 0.3) is 0 Å². The minimum absolute atomic E-state index is 0. The van der Waals surface area contributed by atoms with E-state index in [9.17, 15) is 4.79 Å². The van der Waals surface area contributed by atoms with Crippen LogP contribution in [-0.4, -0.2) is 30.4 Å². The Balaban J connectivity index is 0.00000196. The van der Waals surface area contributed by atoms with Crippen LogP contribution in [0.5, 0.6) is 0 Å². The van der Waals surface area contributed by atoms with Gasteiger partial charge in [0, 0.05) is 18.0 Å². The summed E-state index contributed by atoms with van der Waals surface area (Å²) in [6.07, 6.45) is 0.928. The van der Waals surface area contributed by atoms with Crippen LogP contribution in [0, 0.1) is 0 Å². The molecule has 0 aromatic carbocycles. The fraction of sp³-hybridized carbons (Fsp3) is 0.500. The molecule has 1 aromatic rings. The van der Waals surface area contributed by atoms with Crippen LogP contribution in [0.15, 0.2) is 17.5 Å². The summed E-state index contributed by atoms with van der Waals surface area (Å²) in [5.41, 5.74) is 5.31. The number of hydrogen-bond acceptors (Lipinski definition) is 3. The third-order valence-corrected chi connectivity index (χ3v) is 3.05. The van der Waals surface area contributed by atoms with Crippen LogP contribution in [-0.2, 0) is 11.2 Å². The molecule has 1 heterocycles. The standard InChI is InChI=1S/C10H16N2OS.ClH/c1-2-12(10(13)8-11)6-5-9-4-3-7-14-9;/h3-4,7H,2,5-6,8,11H2,1H3;1H. The first-order chi connectivity index (χ1) is 6.77. The van der Waals surface area contributed by atoms with Crippen LogP contribution < -0.4 is 5.73 Å². The quantitative estimate of drug-likeness (QED) is 0.859. The maximum absolute atomic E-state index is 11.3. The Hall–Kier alpha value is -0.580. The van der Waals surface area contributed by atoms with Crippen LogP contribution >= 0.6 is 23.7 Å². The van der Waals surface area contributed by atoms with Crippen molar-refractivity contribution < 1.29 is 4.79 Å². The molecule has 0 radical (unpaired) electrons. The summed E-state index contributed by atoms with van der Waals surface area (Å²) in [5, 5.41) is 2.05. The molecule has 3 nitrogen and oxygen atoms in total. The average molecular weight is 249 g/mol. The van der Waals surface area contributed by atoms with Crippen molar-refractivity contribution >= 4 is 29.7 Å². The monoisotopic (exact) mass is 248 g/mol. The Kier molecular flexibility index (Phi) is 7.38. The fourth-order valence-corrected chi connectivity index (χ4v) is 1.99. The van der Waals surface area contributed by atoms with Crippen molar-refractivity contribution in [2.75, 3.05) is 19.6 Å². The molecule has 0 aliphatic carbocycles. The molecule has 5 heteroatoms. The van der Waals surface area contributed by atoms with Gasteiger partial charge in [-0.3, -0.25) is 4.79 Å². The number of likely N-dealkylation sites (N-methyl/N-ethyl adjacent to an activating group) is 1. The van der Waals surface area contributed by atoms with E-state index in [-0.39, 0.29) is 24.9 Å². The zero-order valence-electron chi connectivity index (χ0n) is 8.81. The van der Waals surface area contributed by atoms with Gasteiger partial charge in [-0.1, -0.05) is 6.07 Å². The van der Waals surface area contributed by atoms with Gasteiger partial charge in [-0.2, -0.15) is 0 Å². The summed E-state index contributed by atoms with van der Waals surface area (Å²) in [7, 11) is 0. The average Bonchev–Trinajstić information content (AvgIpc) is 2.71. The van der Waals surface area contributed by atoms with Crippen LogP contribution in [0.2, 0.25) is 0 Å². The normalized spacial score (nSPS) is 9.47. The van der Waals surface area contributed by atoms with Gasteiger partial charge < -0.3 is 10.6 Å². The van der Waals surface area contributed by atoms with E-state index in [2.05, 4.69) is 11.4 Å². The molecule has 1 aromatic heterocycles. The van der Waals surface area contributed by atoms with E-state index in [1.165, 1.54) is 4.88 Å². The van der Waals surface area contributed by atoms with Gasteiger partial charge >= 0.3 is 0 Å². The Morgan fingerprint density at radius 2 is 2.33 bits per heavy atom. The number of amides is 1. The molecule has 0 bridgehead atoms. The third kappa shape index (κ3) is 4.64. The Labute approximate surface area is 101 Å². The molecule has 0 fully saturated rings. The topological polar surface area (TPSA) is 46.3 Å². The highest BCUT2D eigenvalue weighted by Crippen LogP contribution is 2.09. The zero-order chi connectivity index (χ0) is 10.4. The molecule has 0 atom stereocenters. The van der Waals surface area contributed by atoms with Crippen molar-refractivity contribution in [3.05, 3.63) is 22.4 Å². The maximum atomic E-state index is 11.3. The molecule has 2 N–H and O–H groups in total. The van der Waals surface area contributed by atoms with Crippen molar-refractivity contribution in [3.8, 4) is 0 Å². The van der Waals surface area contributed by atoms with Gasteiger partial charge in [0.1, 0.15) is 0 Å². The lowest BCUT2D eigenvalue weighted by atomic mass is 10.3. The highest BCUT2D eigenvalue weighted by molar-refractivity contribution is 7.09. The molecule has 15 heavy (non-hydrogen) atoms. The van der Waals surface area contributed by atoms with E-state index < -0.39 is 0 Å². The lowest BCUT2D eigenvalue weighted by Crippen LogP contribution is -2.37. The van der Waals surface area contributed by atoms with Crippen LogP contribution in [0.4, 0.5) is 0 Å². The van der Waals surface area contributed by atoms with E-state index in [4.69, 9.17) is 5.73 Å². The van der Waals surface area contributed by atoms with Crippen molar-refractivity contribution in [1.29, 1.82) is 0 Å². The van der Waals surface area contributed by atoms with E-state index in [1.54, 1.807) is 16.2 Å². The van der Waals surface area contributed by atoms with Gasteiger partial charge in [0.2, 0.25) is 5.91 Å². The Morgan fingerprint density at radius 3 is 2.80 bits per heavy atom. The molecule has 0 aliphatic heterocycles. The number of rotatable bonds is 5. The number of nitrogens with zero attached hydrogens (tertiary/aromatic N) is 1. The van der Waals surface area contributed by atoms with E-state index in [1.807, 2.05) is 13.0 Å². The summed E-state index contributed by atoms with van der Waals surface area (Å²) in [4.78, 5) is 14.4. The number of carbonyl (C=O) groups is 1. The maximum Gasteiger partial charge on any atom is 0.236 e. The summed E-state index contributed by atoms with van der Waals surface area (Å²) in [6, 6.07) is 4.12. The minimum atomic E-state index is 0. The lowest BCUT2D eigenvalue weighted by Gasteiger charge is -2.19. The second-order valence-corrected chi connectivity index (χ2v) is 4.04. The first-order valence-corrected chi connectivity index (χ1v) is 5.66. The molecular formula is C10H17ClN2OS. The van der Waals surface area contributed by atoms with Crippen molar-refractivity contribution in [1.82, 2.24) is 4.90 Å². The molecule has 0 saturated heterocycles. The van der Waals surface area contributed by atoms with E-state index in [0.29, 0.717) is 0 Å². The number of carbonyl (C=O) groups excluding carboxylic acids is 1. The molecule has 1 rings (SSSR count). The molecule has 0 spiro atoms. The minimum Gasteiger partial charge on any atom is -0.342 e. The van der Waals surface area contributed by atoms with Gasteiger partial charge in [0.05, 0.1) is 6.54 Å². The SMILES string of the molecule is CCN(CCc1cccs1)C(=O)CN.Cl. The van der Waals surface area contributed by atoms with Gasteiger partial charge in [-0.25, -0.2) is 0 Å². The van der Waals surface area contributed by atoms with Gasteiger partial charge in [0.15, 0.2) is 0 Å². The summed E-state index contributed by atoms with van der Waals surface area (Å²) < 4.78 is 0. The Morgan fingerprint density at radius 1 is 1.60 bits per heavy atom. The summed E-state index contributed by atoms with van der Waals surface area (Å²) in [6.45, 7) is 3.59. The lowest BCUT2D eigenvalue weighted by molar-refractivity contribution is -0.129. The summed E-state index contributed by atoms with van der Waals surface area (Å²) >= 11 is 1.73. The highest BCUT2D eigenvalue weighted by Gasteiger charge is 2.08. The molecule has 0 unspecified atom stereocenters. The smallest absolute Gasteiger partial charge is 0.236 e. The second kappa shape index (κ2) is 7.68. The Bertz CT molecular complexity index is 277. The van der Waals surface area contributed by atoms with E-state index in [0.717, 1.165) is 19.5 Å². The predicted octanol–water partition coefficient (Wildman–Crippen LogP) is 1.52. The second-order valence-electron chi connectivity index (χ2n) is 3.01. The molecule has 1 amide bonds. The number of halogens is 1. The number of nitrogens with two attached hydrogens (primary N) is 1. The zero-order valence-corrected chi connectivity index (χ0v) is 10.4. The predicted molar refractivity (Wildman–Crippen MR) is 66.6 cm³/mol. The largest absolute Gasteiger partial charge is 0.342 e. The van der Waals surface area contributed by atoms with Crippen molar-refractivity contribution in [2.24, 2.45) is 5.73 Å². The summed E-state index contributed by atoms with van der Waals surface area (Å²) in [5.74, 6) is 0.0315. The van der Waals surface area contributed by atoms with Crippen molar-refractivity contribution in [2.45, 2.75) is 13.3 Å². The molecule has 0 saturated carbocycles. The highest BCUT2D eigenvalue weighted by atomic mass is 35.5. The number of hydrogen-bond donors (Lipinski definition) is 1. The first-order valence-electron chi connectivity index (χ1n) is 4.78. The van der Waals surface area contributed by atoms with Gasteiger partial charge in [-0.15, -0.1) is 23.7 Å². The number of thiophene rings is 1. The van der Waals surface area contributed by atoms with Gasteiger partial charge in [0.25, 0.3) is 0 Å². The van der Waals surface area contributed by atoms with Crippen LogP contribution in [0.1, 0.15) is 11.8 Å². The molecule has 86 valence electrons. The first kappa shape index (κ1) is 14.4. The fourth-order valence-electron chi connectivity index (χ4n) is 1.29. The van der Waals surface area contributed by atoms with Crippen LogP contribution in [0.3, 0.4) is 0 Å². The van der Waals surface area contributed by atoms with E-state index >= 15 is 0 Å². The molecular weight excluding hydrogens is 232 g/mol. The molecule has 0 aliphatic rings.